The molecule has 1 atom stereocenters. The number of hydrogen-bond donors (Lipinski definition) is 0. The molecule has 0 saturated heterocycles. The number of rotatable bonds is 8. The first-order valence-electron chi connectivity index (χ1n) is 11.0. The minimum absolute atomic E-state index is 0.0582. The van der Waals surface area contributed by atoms with Gasteiger partial charge in [0.15, 0.2) is 0 Å². The largest absolute Gasteiger partial charge is 0.346 e. The number of fused-ring (bicyclic) bond motifs is 1. The van der Waals surface area contributed by atoms with Crippen molar-refractivity contribution < 1.29 is 4.79 Å². The summed E-state index contributed by atoms with van der Waals surface area (Å²) in [6.45, 7) is 5.02. The molecule has 0 bridgehead atoms. The fourth-order valence-corrected chi connectivity index (χ4v) is 4.23. The predicted octanol–water partition coefficient (Wildman–Crippen LogP) is 2.48. The minimum Gasteiger partial charge on any atom is -0.342 e. The molecule has 0 spiro atoms. The summed E-state index contributed by atoms with van der Waals surface area (Å²) in [6.07, 6.45) is 10.2. The normalized spacial score (nSPS) is 18.9. The van der Waals surface area contributed by atoms with Gasteiger partial charge >= 0.3 is 5.69 Å². The molecule has 29 heavy (non-hydrogen) atoms. The third-order valence-corrected chi connectivity index (χ3v) is 6.08. The number of pyridine rings is 1. The van der Waals surface area contributed by atoms with E-state index < -0.39 is 0 Å². The van der Waals surface area contributed by atoms with Crippen molar-refractivity contribution in [3.63, 3.8) is 0 Å². The van der Waals surface area contributed by atoms with Gasteiger partial charge in [-0.2, -0.15) is 5.10 Å². The first-order chi connectivity index (χ1) is 14.1. The Labute approximate surface area is 171 Å². The maximum Gasteiger partial charge on any atom is 0.346 e. The van der Waals surface area contributed by atoms with Crippen molar-refractivity contribution in [3.05, 3.63) is 46.4 Å². The SMILES string of the molecule is CCCN(CC1CC1)C(=O)CC1CCc2nn(Cc3cccnc3)c(=O)n2CC1. The topological polar surface area (TPSA) is 73.0 Å². The van der Waals surface area contributed by atoms with Crippen molar-refractivity contribution in [2.75, 3.05) is 13.1 Å². The van der Waals surface area contributed by atoms with E-state index in [9.17, 15) is 9.59 Å². The van der Waals surface area contributed by atoms with Crippen LogP contribution < -0.4 is 5.69 Å². The maximum absolute atomic E-state index is 12.8. The Morgan fingerprint density at radius 2 is 2.10 bits per heavy atom. The molecule has 1 aliphatic heterocycles. The summed E-state index contributed by atoms with van der Waals surface area (Å²) in [5.41, 5.74) is 0.912. The van der Waals surface area contributed by atoms with E-state index in [2.05, 4.69) is 21.9 Å². The smallest absolute Gasteiger partial charge is 0.342 e. The van der Waals surface area contributed by atoms with E-state index in [1.807, 2.05) is 12.1 Å². The molecule has 156 valence electrons. The maximum atomic E-state index is 12.8. The summed E-state index contributed by atoms with van der Waals surface area (Å²) in [5.74, 6) is 2.19. The van der Waals surface area contributed by atoms with Crippen LogP contribution in [0.1, 0.15) is 56.8 Å². The predicted molar refractivity (Wildman–Crippen MR) is 110 cm³/mol. The highest BCUT2D eigenvalue weighted by Gasteiger charge is 2.28. The Morgan fingerprint density at radius 3 is 2.83 bits per heavy atom. The molecule has 2 aromatic heterocycles. The van der Waals surface area contributed by atoms with Crippen LogP contribution in [-0.4, -0.2) is 43.2 Å². The molecular formula is C22H31N5O2. The molecule has 1 fully saturated rings. The quantitative estimate of drug-likeness (QED) is 0.686. The first kappa shape index (κ1) is 19.9. The van der Waals surface area contributed by atoms with Gasteiger partial charge in [0.25, 0.3) is 0 Å². The van der Waals surface area contributed by atoms with Gasteiger partial charge in [0, 0.05) is 44.9 Å². The highest BCUT2D eigenvalue weighted by Crippen LogP contribution is 2.30. The molecule has 0 aromatic carbocycles. The summed E-state index contributed by atoms with van der Waals surface area (Å²) in [6, 6.07) is 3.82. The fraction of sp³-hybridized carbons (Fsp3) is 0.636. The van der Waals surface area contributed by atoms with Crippen LogP contribution in [0, 0.1) is 11.8 Å². The van der Waals surface area contributed by atoms with Crippen LogP contribution in [0.5, 0.6) is 0 Å². The average molecular weight is 398 g/mol. The number of hydrogen-bond acceptors (Lipinski definition) is 4. The Bertz CT molecular complexity index is 884. The van der Waals surface area contributed by atoms with E-state index in [1.165, 1.54) is 17.5 Å². The van der Waals surface area contributed by atoms with Gasteiger partial charge < -0.3 is 4.90 Å². The Morgan fingerprint density at radius 1 is 1.24 bits per heavy atom. The molecule has 4 rings (SSSR count). The Kier molecular flexibility index (Phi) is 6.11. The van der Waals surface area contributed by atoms with Gasteiger partial charge in [-0.15, -0.1) is 0 Å². The fourth-order valence-electron chi connectivity index (χ4n) is 4.23. The van der Waals surface area contributed by atoms with Crippen LogP contribution in [0.3, 0.4) is 0 Å². The molecule has 7 heteroatoms. The monoisotopic (exact) mass is 397 g/mol. The van der Waals surface area contributed by atoms with E-state index in [0.29, 0.717) is 25.4 Å². The molecule has 1 unspecified atom stereocenters. The Balaban J connectivity index is 1.37. The van der Waals surface area contributed by atoms with Gasteiger partial charge in [0.05, 0.1) is 6.54 Å². The lowest BCUT2D eigenvalue weighted by molar-refractivity contribution is -0.132. The van der Waals surface area contributed by atoms with Crippen LogP contribution in [0.15, 0.2) is 29.3 Å². The number of amides is 1. The molecule has 1 aliphatic carbocycles. The zero-order valence-electron chi connectivity index (χ0n) is 17.3. The number of aryl methyl sites for hydroxylation is 1. The molecule has 2 aromatic rings. The third-order valence-electron chi connectivity index (χ3n) is 6.08. The molecule has 3 heterocycles. The minimum atomic E-state index is -0.0582. The van der Waals surface area contributed by atoms with Gasteiger partial charge in [0.1, 0.15) is 5.82 Å². The zero-order valence-corrected chi connectivity index (χ0v) is 17.3. The lowest BCUT2D eigenvalue weighted by Gasteiger charge is -2.24. The third kappa shape index (κ3) is 4.95. The van der Waals surface area contributed by atoms with E-state index >= 15 is 0 Å². The van der Waals surface area contributed by atoms with Crippen LogP contribution in [-0.2, 0) is 24.3 Å². The summed E-state index contributed by atoms with van der Waals surface area (Å²) in [4.78, 5) is 31.8. The van der Waals surface area contributed by atoms with Crippen LogP contribution in [0.4, 0.5) is 0 Å². The van der Waals surface area contributed by atoms with Gasteiger partial charge in [-0.1, -0.05) is 13.0 Å². The van der Waals surface area contributed by atoms with Crippen molar-refractivity contribution in [1.82, 2.24) is 24.2 Å². The van der Waals surface area contributed by atoms with Crippen molar-refractivity contribution in [2.24, 2.45) is 11.8 Å². The van der Waals surface area contributed by atoms with Gasteiger partial charge in [-0.05, 0) is 55.6 Å². The lowest BCUT2D eigenvalue weighted by Crippen LogP contribution is -2.35. The van der Waals surface area contributed by atoms with E-state index in [1.54, 1.807) is 17.0 Å². The van der Waals surface area contributed by atoms with E-state index in [4.69, 9.17) is 0 Å². The van der Waals surface area contributed by atoms with Crippen molar-refractivity contribution in [3.8, 4) is 0 Å². The van der Waals surface area contributed by atoms with Crippen molar-refractivity contribution in [1.29, 1.82) is 0 Å². The van der Waals surface area contributed by atoms with Crippen LogP contribution in [0.2, 0.25) is 0 Å². The number of carbonyl (C=O) groups excluding carboxylic acids is 1. The van der Waals surface area contributed by atoms with Crippen LogP contribution in [0.25, 0.3) is 0 Å². The molecule has 0 radical (unpaired) electrons. The summed E-state index contributed by atoms with van der Waals surface area (Å²) in [7, 11) is 0. The number of carbonyl (C=O) groups is 1. The van der Waals surface area contributed by atoms with Gasteiger partial charge in [0.2, 0.25) is 5.91 Å². The van der Waals surface area contributed by atoms with Gasteiger partial charge in [-0.3, -0.25) is 14.3 Å². The summed E-state index contributed by atoms with van der Waals surface area (Å²) < 4.78 is 3.34. The second kappa shape index (κ2) is 8.93. The second-order valence-electron chi connectivity index (χ2n) is 8.55. The number of aromatic nitrogens is 4. The zero-order chi connectivity index (χ0) is 20.2. The molecule has 2 aliphatic rings. The lowest BCUT2D eigenvalue weighted by atomic mass is 9.96. The van der Waals surface area contributed by atoms with Crippen molar-refractivity contribution >= 4 is 5.91 Å². The molecular weight excluding hydrogens is 366 g/mol. The average Bonchev–Trinajstić information content (AvgIpc) is 3.52. The standard InChI is InChI=1S/C22H31N5O2/c1-2-11-25(15-18-5-6-18)21(28)13-17-7-8-20-24-27(22(29)26(20)12-9-17)16-19-4-3-10-23-14-19/h3-4,10,14,17-18H,2,5-9,11-13,15-16H2,1H3. The Hall–Kier alpha value is -2.44. The van der Waals surface area contributed by atoms with Crippen molar-refractivity contribution in [2.45, 2.75) is 65.0 Å². The highest BCUT2D eigenvalue weighted by atomic mass is 16.2. The highest BCUT2D eigenvalue weighted by molar-refractivity contribution is 5.76. The molecule has 1 saturated carbocycles. The molecule has 7 nitrogen and oxygen atoms in total. The second-order valence-corrected chi connectivity index (χ2v) is 8.55. The molecule has 1 amide bonds. The first-order valence-corrected chi connectivity index (χ1v) is 11.0. The van der Waals surface area contributed by atoms with E-state index in [-0.39, 0.29) is 11.6 Å². The summed E-state index contributed by atoms with van der Waals surface area (Å²) in [5, 5.41) is 4.58. The number of nitrogens with zero attached hydrogens (tertiary/aromatic N) is 5. The van der Waals surface area contributed by atoms with Crippen LogP contribution >= 0.6 is 0 Å². The van der Waals surface area contributed by atoms with E-state index in [0.717, 1.165) is 56.1 Å². The van der Waals surface area contributed by atoms with Gasteiger partial charge in [-0.25, -0.2) is 9.48 Å². The molecule has 0 N–H and O–H groups in total. The summed E-state index contributed by atoms with van der Waals surface area (Å²) >= 11 is 0.